The van der Waals surface area contributed by atoms with Crippen LogP contribution in [0.2, 0.25) is 0 Å². The third-order valence-electron chi connectivity index (χ3n) is 3.01. The summed E-state index contributed by atoms with van der Waals surface area (Å²) in [6.07, 6.45) is 0.481. The fraction of sp³-hybridized carbons (Fsp3) is 0.176. The van der Waals surface area contributed by atoms with E-state index >= 15 is 0 Å². The van der Waals surface area contributed by atoms with Crippen LogP contribution in [0.1, 0.15) is 34.1 Å². The first-order valence-corrected chi connectivity index (χ1v) is 6.63. The molecular weight excluding hydrogens is 268 g/mol. The molecule has 0 saturated carbocycles. The Balaban J connectivity index is 2.08. The van der Waals surface area contributed by atoms with Crippen LogP contribution in [-0.2, 0) is 4.74 Å². The Kier molecular flexibility index (Phi) is 4.72. The molecule has 0 aliphatic heterocycles. The minimum absolute atomic E-state index is 0.101. The molecule has 4 heteroatoms. The number of carbonyl (C=O) groups excluding carboxylic acids is 2. The summed E-state index contributed by atoms with van der Waals surface area (Å²) in [6.45, 7) is 1.83. The summed E-state index contributed by atoms with van der Waals surface area (Å²) >= 11 is 0. The van der Waals surface area contributed by atoms with Gasteiger partial charge in [-0.15, -0.1) is 0 Å². The van der Waals surface area contributed by atoms with Gasteiger partial charge in [0, 0.05) is 12.0 Å². The second-order valence-electron chi connectivity index (χ2n) is 4.42. The van der Waals surface area contributed by atoms with Gasteiger partial charge in [-0.05, 0) is 48.5 Å². The fourth-order valence-corrected chi connectivity index (χ4v) is 1.83. The molecule has 0 radical (unpaired) electrons. The van der Waals surface area contributed by atoms with Crippen molar-refractivity contribution in [2.75, 3.05) is 7.11 Å². The molecule has 0 aliphatic rings. The monoisotopic (exact) mass is 284 g/mol. The molecule has 0 atom stereocenters. The van der Waals surface area contributed by atoms with E-state index in [0.29, 0.717) is 29.0 Å². The molecule has 0 saturated heterocycles. The number of Topliss-reactive ketones (excluding diaryl/α,β-unsaturated/α-hetero) is 1. The molecule has 2 rings (SSSR count). The van der Waals surface area contributed by atoms with Crippen LogP contribution in [0.25, 0.3) is 0 Å². The predicted molar refractivity (Wildman–Crippen MR) is 78.9 cm³/mol. The highest BCUT2D eigenvalue weighted by Crippen LogP contribution is 2.22. The standard InChI is InChI=1S/C17H16O4/c1-3-16(18)12-4-8-14(9-5-12)21-15-10-6-13(7-11-15)17(19)20-2/h4-11H,3H2,1-2H3. The second-order valence-corrected chi connectivity index (χ2v) is 4.42. The summed E-state index contributed by atoms with van der Waals surface area (Å²) in [7, 11) is 1.34. The summed E-state index contributed by atoms with van der Waals surface area (Å²) in [5, 5.41) is 0. The molecule has 4 nitrogen and oxygen atoms in total. The Morgan fingerprint density at radius 3 is 1.76 bits per heavy atom. The van der Waals surface area contributed by atoms with Crippen molar-refractivity contribution in [2.24, 2.45) is 0 Å². The number of hydrogen-bond donors (Lipinski definition) is 0. The molecule has 0 heterocycles. The minimum atomic E-state index is -0.385. The first kappa shape index (κ1) is 14.8. The predicted octanol–water partition coefficient (Wildman–Crippen LogP) is 3.86. The van der Waals surface area contributed by atoms with E-state index < -0.39 is 0 Å². The molecule has 0 unspecified atom stereocenters. The van der Waals surface area contributed by atoms with Gasteiger partial charge in [0.15, 0.2) is 5.78 Å². The van der Waals surface area contributed by atoms with Crippen molar-refractivity contribution in [3.8, 4) is 11.5 Å². The van der Waals surface area contributed by atoms with E-state index in [1.54, 1.807) is 48.5 Å². The zero-order valence-corrected chi connectivity index (χ0v) is 12.0. The normalized spacial score (nSPS) is 10.0. The van der Waals surface area contributed by atoms with Crippen molar-refractivity contribution < 1.29 is 19.1 Å². The van der Waals surface area contributed by atoms with Crippen LogP contribution in [0, 0.1) is 0 Å². The van der Waals surface area contributed by atoms with Crippen LogP contribution in [0.4, 0.5) is 0 Å². The first-order valence-electron chi connectivity index (χ1n) is 6.63. The largest absolute Gasteiger partial charge is 0.465 e. The number of benzene rings is 2. The van der Waals surface area contributed by atoms with Gasteiger partial charge in [-0.3, -0.25) is 4.79 Å². The number of ketones is 1. The SMILES string of the molecule is CCC(=O)c1ccc(Oc2ccc(C(=O)OC)cc2)cc1. The van der Waals surface area contributed by atoms with Crippen molar-refractivity contribution in [3.63, 3.8) is 0 Å². The maximum absolute atomic E-state index is 11.5. The highest BCUT2D eigenvalue weighted by molar-refractivity contribution is 5.95. The third-order valence-corrected chi connectivity index (χ3v) is 3.01. The van der Waals surface area contributed by atoms with Gasteiger partial charge in [0.05, 0.1) is 12.7 Å². The van der Waals surface area contributed by atoms with Gasteiger partial charge >= 0.3 is 5.97 Å². The summed E-state index contributed by atoms with van der Waals surface area (Å²) in [4.78, 5) is 22.8. The van der Waals surface area contributed by atoms with E-state index in [4.69, 9.17) is 4.74 Å². The van der Waals surface area contributed by atoms with Crippen LogP contribution < -0.4 is 4.74 Å². The Morgan fingerprint density at radius 2 is 1.33 bits per heavy atom. The number of rotatable bonds is 5. The zero-order chi connectivity index (χ0) is 15.2. The zero-order valence-electron chi connectivity index (χ0n) is 12.0. The maximum Gasteiger partial charge on any atom is 0.337 e. The van der Waals surface area contributed by atoms with Gasteiger partial charge in [-0.2, -0.15) is 0 Å². The first-order chi connectivity index (χ1) is 10.1. The third kappa shape index (κ3) is 3.69. The number of carbonyl (C=O) groups is 2. The van der Waals surface area contributed by atoms with Crippen LogP contribution in [0.3, 0.4) is 0 Å². The molecular formula is C17H16O4. The Morgan fingerprint density at radius 1 is 0.857 bits per heavy atom. The average Bonchev–Trinajstić information content (AvgIpc) is 2.55. The molecule has 0 N–H and O–H groups in total. The Labute approximate surface area is 123 Å². The lowest BCUT2D eigenvalue weighted by Gasteiger charge is -2.07. The number of ether oxygens (including phenoxy) is 2. The van der Waals surface area contributed by atoms with Crippen LogP contribution >= 0.6 is 0 Å². The van der Waals surface area contributed by atoms with E-state index in [9.17, 15) is 9.59 Å². The van der Waals surface area contributed by atoms with E-state index in [-0.39, 0.29) is 11.8 Å². The molecule has 0 aromatic heterocycles. The topological polar surface area (TPSA) is 52.6 Å². The van der Waals surface area contributed by atoms with Crippen molar-refractivity contribution in [1.29, 1.82) is 0 Å². The van der Waals surface area contributed by atoms with Gasteiger partial charge in [-0.1, -0.05) is 6.92 Å². The van der Waals surface area contributed by atoms with Crippen molar-refractivity contribution in [3.05, 3.63) is 59.7 Å². The maximum atomic E-state index is 11.5. The molecule has 0 amide bonds. The molecule has 108 valence electrons. The molecule has 21 heavy (non-hydrogen) atoms. The highest BCUT2D eigenvalue weighted by atomic mass is 16.5. The fourth-order valence-electron chi connectivity index (χ4n) is 1.83. The minimum Gasteiger partial charge on any atom is -0.465 e. The van der Waals surface area contributed by atoms with Crippen LogP contribution in [0.5, 0.6) is 11.5 Å². The van der Waals surface area contributed by atoms with Gasteiger partial charge in [-0.25, -0.2) is 4.79 Å². The number of methoxy groups -OCH3 is 1. The Bertz CT molecular complexity index is 569. The average molecular weight is 284 g/mol. The molecule has 2 aromatic carbocycles. The van der Waals surface area contributed by atoms with Crippen LogP contribution in [-0.4, -0.2) is 18.9 Å². The Hall–Kier alpha value is -2.62. The van der Waals surface area contributed by atoms with Gasteiger partial charge < -0.3 is 9.47 Å². The summed E-state index contributed by atoms with van der Waals surface area (Å²) < 4.78 is 10.3. The molecule has 0 fully saturated rings. The lowest BCUT2D eigenvalue weighted by atomic mass is 10.1. The molecule has 0 aliphatic carbocycles. The van der Waals surface area contributed by atoms with E-state index in [0.717, 1.165) is 0 Å². The summed E-state index contributed by atoms with van der Waals surface area (Å²) in [6, 6.07) is 13.6. The second kappa shape index (κ2) is 6.70. The number of esters is 1. The highest BCUT2D eigenvalue weighted by Gasteiger charge is 2.06. The van der Waals surface area contributed by atoms with Crippen molar-refractivity contribution >= 4 is 11.8 Å². The van der Waals surface area contributed by atoms with Gasteiger partial charge in [0.1, 0.15) is 11.5 Å². The lowest BCUT2D eigenvalue weighted by Crippen LogP contribution is -2.00. The van der Waals surface area contributed by atoms with Crippen molar-refractivity contribution in [2.45, 2.75) is 13.3 Å². The smallest absolute Gasteiger partial charge is 0.337 e. The lowest BCUT2D eigenvalue weighted by molar-refractivity contribution is 0.0600. The van der Waals surface area contributed by atoms with E-state index in [1.807, 2.05) is 6.92 Å². The molecule has 2 aromatic rings. The van der Waals surface area contributed by atoms with Crippen molar-refractivity contribution in [1.82, 2.24) is 0 Å². The molecule has 0 bridgehead atoms. The van der Waals surface area contributed by atoms with Gasteiger partial charge in [0.2, 0.25) is 0 Å². The van der Waals surface area contributed by atoms with Crippen LogP contribution in [0.15, 0.2) is 48.5 Å². The summed E-state index contributed by atoms with van der Waals surface area (Å²) in [5.41, 5.74) is 1.14. The number of hydrogen-bond acceptors (Lipinski definition) is 4. The van der Waals surface area contributed by atoms with Gasteiger partial charge in [0.25, 0.3) is 0 Å². The summed E-state index contributed by atoms with van der Waals surface area (Å²) in [5.74, 6) is 0.957. The van der Waals surface area contributed by atoms with E-state index in [2.05, 4.69) is 4.74 Å². The quantitative estimate of drug-likeness (QED) is 0.618. The van der Waals surface area contributed by atoms with E-state index in [1.165, 1.54) is 7.11 Å². The molecule has 0 spiro atoms.